The van der Waals surface area contributed by atoms with Crippen molar-refractivity contribution in [2.45, 2.75) is 13.1 Å². The fourth-order valence-corrected chi connectivity index (χ4v) is 1.85. The first-order chi connectivity index (χ1) is 10.7. The van der Waals surface area contributed by atoms with Crippen LogP contribution in [0.2, 0.25) is 0 Å². The molecule has 2 N–H and O–H groups in total. The van der Waals surface area contributed by atoms with E-state index in [1.165, 1.54) is 12.1 Å². The number of aromatic nitrogens is 1. The largest absolute Gasteiger partial charge is 0.481 e. The van der Waals surface area contributed by atoms with Gasteiger partial charge in [-0.2, -0.15) is 0 Å². The van der Waals surface area contributed by atoms with Gasteiger partial charge in [-0.05, 0) is 23.8 Å². The van der Waals surface area contributed by atoms with Crippen LogP contribution in [-0.2, 0) is 13.1 Å². The third-order valence-corrected chi connectivity index (χ3v) is 3.02. The normalized spacial score (nSPS) is 10.7. The molecule has 0 aliphatic rings. The summed E-state index contributed by atoms with van der Waals surface area (Å²) in [6.07, 6.45) is 0. The van der Waals surface area contributed by atoms with E-state index in [1.54, 1.807) is 32.4 Å². The number of aliphatic imine (C=N–C) groups is 1. The number of ether oxygens (including phenoxy) is 1. The van der Waals surface area contributed by atoms with E-state index in [9.17, 15) is 4.39 Å². The zero-order valence-corrected chi connectivity index (χ0v) is 15.4. The van der Waals surface area contributed by atoms with Crippen LogP contribution in [0.4, 0.5) is 4.39 Å². The summed E-state index contributed by atoms with van der Waals surface area (Å²) < 4.78 is 17.9. The molecular weight excluding hydrogens is 410 g/mol. The van der Waals surface area contributed by atoms with Gasteiger partial charge in [0.2, 0.25) is 5.88 Å². The summed E-state index contributed by atoms with van der Waals surface area (Å²) in [5.74, 6) is 0.984. The maximum atomic E-state index is 12.8. The Morgan fingerprint density at radius 3 is 2.48 bits per heavy atom. The number of guanidine groups is 1. The standard InChI is InChI=1S/C16H19FN4O.HI/c1-18-16(19-10-12-6-8-13(17)9-7-12)20-11-14-4-3-5-15(21-14)22-2;/h3-9H,10-11H2,1-2H3,(H2,18,19,20);1H. The van der Waals surface area contributed by atoms with Gasteiger partial charge in [0, 0.05) is 19.7 Å². The Morgan fingerprint density at radius 1 is 1.13 bits per heavy atom. The first-order valence-corrected chi connectivity index (χ1v) is 6.90. The minimum Gasteiger partial charge on any atom is -0.481 e. The zero-order valence-electron chi connectivity index (χ0n) is 13.0. The smallest absolute Gasteiger partial charge is 0.213 e. The van der Waals surface area contributed by atoms with Gasteiger partial charge in [0.25, 0.3) is 0 Å². The minimum absolute atomic E-state index is 0. The van der Waals surface area contributed by atoms with Crippen LogP contribution in [0.15, 0.2) is 47.5 Å². The van der Waals surface area contributed by atoms with Crippen molar-refractivity contribution in [1.29, 1.82) is 0 Å². The monoisotopic (exact) mass is 430 g/mol. The summed E-state index contributed by atoms with van der Waals surface area (Å²) in [6.45, 7) is 1.09. The summed E-state index contributed by atoms with van der Waals surface area (Å²) in [5.41, 5.74) is 1.83. The van der Waals surface area contributed by atoms with E-state index < -0.39 is 0 Å². The average molecular weight is 430 g/mol. The van der Waals surface area contributed by atoms with Crippen molar-refractivity contribution in [3.05, 3.63) is 59.5 Å². The van der Waals surface area contributed by atoms with Crippen LogP contribution in [0.1, 0.15) is 11.3 Å². The molecule has 0 saturated carbocycles. The molecule has 1 aromatic carbocycles. The third-order valence-electron chi connectivity index (χ3n) is 3.02. The van der Waals surface area contributed by atoms with Crippen LogP contribution in [0.3, 0.4) is 0 Å². The average Bonchev–Trinajstić information content (AvgIpc) is 2.57. The molecule has 7 heteroatoms. The van der Waals surface area contributed by atoms with Crippen molar-refractivity contribution < 1.29 is 9.13 Å². The van der Waals surface area contributed by atoms with Gasteiger partial charge in [-0.15, -0.1) is 24.0 Å². The second-order valence-corrected chi connectivity index (χ2v) is 4.58. The zero-order chi connectivity index (χ0) is 15.8. The lowest BCUT2D eigenvalue weighted by atomic mass is 10.2. The summed E-state index contributed by atoms with van der Waals surface area (Å²) in [6, 6.07) is 11.9. The second-order valence-electron chi connectivity index (χ2n) is 4.58. The van der Waals surface area contributed by atoms with Gasteiger partial charge >= 0.3 is 0 Å². The fraction of sp³-hybridized carbons (Fsp3) is 0.250. The molecule has 124 valence electrons. The third kappa shape index (κ3) is 6.39. The molecule has 0 aliphatic heterocycles. The highest BCUT2D eigenvalue weighted by Crippen LogP contribution is 2.06. The molecular formula is C16H20FIN4O. The number of methoxy groups -OCH3 is 1. The van der Waals surface area contributed by atoms with Crippen LogP contribution in [0.25, 0.3) is 0 Å². The molecule has 2 rings (SSSR count). The quantitative estimate of drug-likeness (QED) is 0.435. The highest BCUT2D eigenvalue weighted by molar-refractivity contribution is 14.0. The Hall–Kier alpha value is -1.90. The SMILES string of the molecule is CN=C(NCc1ccc(F)cc1)NCc1cccc(OC)n1.I. The number of hydrogen-bond acceptors (Lipinski definition) is 3. The highest BCUT2D eigenvalue weighted by Gasteiger charge is 2.01. The first-order valence-electron chi connectivity index (χ1n) is 6.90. The van der Waals surface area contributed by atoms with E-state index in [2.05, 4.69) is 20.6 Å². The van der Waals surface area contributed by atoms with Crippen LogP contribution in [0.5, 0.6) is 5.88 Å². The molecule has 0 aliphatic carbocycles. The number of nitrogens with zero attached hydrogens (tertiary/aromatic N) is 2. The van der Waals surface area contributed by atoms with Gasteiger partial charge < -0.3 is 15.4 Å². The molecule has 0 unspecified atom stereocenters. The van der Waals surface area contributed by atoms with E-state index in [0.29, 0.717) is 24.9 Å². The fourth-order valence-electron chi connectivity index (χ4n) is 1.85. The molecule has 23 heavy (non-hydrogen) atoms. The molecule has 1 aromatic heterocycles. The van der Waals surface area contributed by atoms with Crippen LogP contribution >= 0.6 is 24.0 Å². The predicted octanol–water partition coefficient (Wildman–Crippen LogP) is 2.71. The van der Waals surface area contributed by atoms with Crippen molar-refractivity contribution in [3.8, 4) is 5.88 Å². The van der Waals surface area contributed by atoms with Crippen molar-refractivity contribution in [1.82, 2.24) is 15.6 Å². The van der Waals surface area contributed by atoms with Gasteiger partial charge in [0.05, 0.1) is 19.3 Å². The van der Waals surface area contributed by atoms with Gasteiger partial charge in [-0.25, -0.2) is 9.37 Å². The van der Waals surface area contributed by atoms with Crippen molar-refractivity contribution >= 4 is 29.9 Å². The lowest BCUT2D eigenvalue weighted by Crippen LogP contribution is -2.36. The van der Waals surface area contributed by atoms with Crippen molar-refractivity contribution in [3.63, 3.8) is 0 Å². The lowest BCUT2D eigenvalue weighted by Gasteiger charge is -2.12. The summed E-state index contributed by atoms with van der Waals surface area (Å²) in [4.78, 5) is 8.46. The molecule has 0 fully saturated rings. The van der Waals surface area contributed by atoms with Gasteiger partial charge in [-0.3, -0.25) is 4.99 Å². The number of pyridine rings is 1. The molecule has 0 saturated heterocycles. The number of halogens is 2. The van der Waals surface area contributed by atoms with Gasteiger partial charge in [-0.1, -0.05) is 18.2 Å². The number of nitrogens with one attached hydrogen (secondary N) is 2. The molecule has 0 radical (unpaired) electrons. The highest BCUT2D eigenvalue weighted by atomic mass is 127. The first kappa shape index (κ1) is 19.1. The Labute approximate surface area is 152 Å². The Morgan fingerprint density at radius 2 is 1.83 bits per heavy atom. The number of benzene rings is 1. The Balaban J connectivity index is 0.00000264. The number of rotatable bonds is 5. The predicted molar refractivity (Wildman–Crippen MR) is 99.6 cm³/mol. The van der Waals surface area contributed by atoms with E-state index >= 15 is 0 Å². The van der Waals surface area contributed by atoms with E-state index in [1.807, 2.05) is 12.1 Å². The molecule has 0 bridgehead atoms. The van der Waals surface area contributed by atoms with Gasteiger partial charge in [0.15, 0.2) is 5.96 Å². The van der Waals surface area contributed by atoms with E-state index in [-0.39, 0.29) is 29.8 Å². The Bertz CT molecular complexity index is 634. The van der Waals surface area contributed by atoms with Crippen molar-refractivity contribution in [2.24, 2.45) is 4.99 Å². The van der Waals surface area contributed by atoms with E-state index in [4.69, 9.17) is 4.74 Å². The van der Waals surface area contributed by atoms with Crippen LogP contribution in [0, 0.1) is 5.82 Å². The maximum Gasteiger partial charge on any atom is 0.213 e. The molecule has 0 atom stereocenters. The summed E-state index contributed by atoms with van der Waals surface area (Å²) >= 11 is 0. The van der Waals surface area contributed by atoms with Gasteiger partial charge in [0.1, 0.15) is 5.82 Å². The lowest BCUT2D eigenvalue weighted by molar-refractivity contribution is 0.396. The second kappa shape index (κ2) is 9.98. The van der Waals surface area contributed by atoms with Crippen LogP contribution < -0.4 is 15.4 Å². The molecule has 5 nitrogen and oxygen atoms in total. The van der Waals surface area contributed by atoms with E-state index in [0.717, 1.165) is 11.3 Å². The summed E-state index contributed by atoms with van der Waals surface area (Å²) in [7, 11) is 3.28. The van der Waals surface area contributed by atoms with Crippen molar-refractivity contribution in [2.75, 3.05) is 14.2 Å². The molecule has 0 amide bonds. The molecule has 0 spiro atoms. The Kier molecular flexibility index (Phi) is 8.31. The van der Waals surface area contributed by atoms with Crippen LogP contribution in [-0.4, -0.2) is 25.1 Å². The number of hydrogen-bond donors (Lipinski definition) is 2. The minimum atomic E-state index is -0.240. The molecule has 2 aromatic rings. The summed E-state index contributed by atoms with van der Waals surface area (Å²) in [5, 5.41) is 6.33. The maximum absolute atomic E-state index is 12.8. The topological polar surface area (TPSA) is 58.5 Å². The molecule has 1 heterocycles.